The standard InChI is InChI=1S/C18H26N2O/c1-13-6-7-16(14(2)11-13)8-9-18(21)20-10-4-5-17(12-20)15(3)19/h6-9,11,15,17H,4-5,10,12,19H2,1-3H3. The first-order chi connectivity index (χ1) is 9.97. The number of carbonyl (C=O) groups excluding carboxylic acids is 1. The lowest BCUT2D eigenvalue weighted by Crippen LogP contribution is -2.44. The molecule has 1 aromatic carbocycles. The van der Waals surface area contributed by atoms with Gasteiger partial charge in [-0.1, -0.05) is 23.8 Å². The minimum absolute atomic E-state index is 0.0975. The van der Waals surface area contributed by atoms with Crippen LogP contribution in [0.4, 0.5) is 0 Å². The van der Waals surface area contributed by atoms with Crippen molar-refractivity contribution in [3.63, 3.8) is 0 Å². The normalized spacial score (nSPS) is 20.8. The molecule has 3 nitrogen and oxygen atoms in total. The minimum atomic E-state index is 0.0975. The van der Waals surface area contributed by atoms with E-state index in [2.05, 4.69) is 32.0 Å². The average Bonchev–Trinajstić information content (AvgIpc) is 2.46. The van der Waals surface area contributed by atoms with Gasteiger partial charge in [-0.25, -0.2) is 0 Å². The Bertz CT molecular complexity index is 534. The summed E-state index contributed by atoms with van der Waals surface area (Å²) in [6.07, 6.45) is 5.80. The van der Waals surface area contributed by atoms with E-state index in [1.54, 1.807) is 6.08 Å². The van der Waals surface area contributed by atoms with Crippen molar-refractivity contribution in [3.05, 3.63) is 41.0 Å². The van der Waals surface area contributed by atoms with Crippen LogP contribution in [0.25, 0.3) is 6.08 Å². The molecule has 21 heavy (non-hydrogen) atoms. The van der Waals surface area contributed by atoms with Crippen molar-refractivity contribution in [2.45, 2.75) is 39.7 Å². The van der Waals surface area contributed by atoms with Gasteiger partial charge in [-0.3, -0.25) is 4.79 Å². The van der Waals surface area contributed by atoms with Crippen LogP contribution in [0.3, 0.4) is 0 Å². The topological polar surface area (TPSA) is 46.3 Å². The molecule has 114 valence electrons. The number of nitrogens with two attached hydrogens (primary N) is 1. The van der Waals surface area contributed by atoms with E-state index in [-0.39, 0.29) is 11.9 Å². The second-order valence-electron chi connectivity index (χ2n) is 6.24. The van der Waals surface area contributed by atoms with Crippen LogP contribution < -0.4 is 5.73 Å². The first kappa shape index (κ1) is 15.8. The lowest BCUT2D eigenvalue weighted by atomic mass is 9.92. The number of piperidine rings is 1. The minimum Gasteiger partial charge on any atom is -0.339 e. The summed E-state index contributed by atoms with van der Waals surface area (Å²) in [5.74, 6) is 0.525. The summed E-state index contributed by atoms with van der Waals surface area (Å²) < 4.78 is 0. The molecule has 2 N–H and O–H groups in total. The van der Waals surface area contributed by atoms with Crippen molar-refractivity contribution in [1.29, 1.82) is 0 Å². The summed E-state index contributed by atoms with van der Waals surface area (Å²) in [5, 5.41) is 0. The molecule has 1 aromatic rings. The van der Waals surface area contributed by atoms with Crippen LogP contribution in [0, 0.1) is 19.8 Å². The highest BCUT2D eigenvalue weighted by atomic mass is 16.2. The largest absolute Gasteiger partial charge is 0.339 e. The number of hydrogen-bond donors (Lipinski definition) is 1. The van der Waals surface area contributed by atoms with Crippen molar-refractivity contribution >= 4 is 12.0 Å². The summed E-state index contributed by atoms with van der Waals surface area (Å²) in [4.78, 5) is 14.2. The van der Waals surface area contributed by atoms with E-state index in [1.165, 1.54) is 11.1 Å². The van der Waals surface area contributed by atoms with Gasteiger partial charge in [0.25, 0.3) is 0 Å². The molecule has 1 aliphatic heterocycles. The second kappa shape index (κ2) is 6.90. The zero-order valence-electron chi connectivity index (χ0n) is 13.3. The predicted octanol–water partition coefficient (Wildman–Crippen LogP) is 2.90. The van der Waals surface area contributed by atoms with Crippen molar-refractivity contribution in [1.82, 2.24) is 4.90 Å². The van der Waals surface area contributed by atoms with Gasteiger partial charge in [-0.05, 0) is 56.7 Å². The van der Waals surface area contributed by atoms with Gasteiger partial charge in [0.1, 0.15) is 0 Å². The van der Waals surface area contributed by atoms with Crippen molar-refractivity contribution in [3.8, 4) is 0 Å². The Labute approximate surface area is 127 Å². The van der Waals surface area contributed by atoms with Gasteiger partial charge in [-0.15, -0.1) is 0 Å². The number of likely N-dealkylation sites (tertiary alicyclic amines) is 1. The van der Waals surface area contributed by atoms with Gasteiger partial charge < -0.3 is 10.6 Å². The number of rotatable bonds is 3. The molecule has 0 aliphatic carbocycles. The first-order valence-electron chi connectivity index (χ1n) is 7.77. The van der Waals surface area contributed by atoms with Crippen molar-refractivity contribution in [2.24, 2.45) is 11.7 Å². The maximum absolute atomic E-state index is 12.3. The van der Waals surface area contributed by atoms with Crippen molar-refractivity contribution in [2.75, 3.05) is 13.1 Å². The molecule has 1 aliphatic rings. The van der Waals surface area contributed by atoms with E-state index in [9.17, 15) is 4.79 Å². The van der Waals surface area contributed by atoms with E-state index in [1.807, 2.05) is 17.9 Å². The fourth-order valence-electron chi connectivity index (χ4n) is 2.92. The van der Waals surface area contributed by atoms with E-state index in [0.717, 1.165) is 31.5 Å². The molecule has 1 heterocycles. The Morgan fingerprint density at radius 2 is 2.19 bits per heavy atom. The van der Waals surface area contributed by atoms with Crippen LogP contribution in [0.2, 0.25) is 0 Å². The molecule has 2 unspecified atom stereocenters. The molecular weight excluding hydrogens is 260 g/mol. The maximum Gasteiger partial charge on any atom is 0.246 e. The molecule has 0 radical (unpaired) electrons. The number of benzene rings is 1. The average molecular weight is 286 g/mol. The second-order valence-corrected chi connectivity index (χ2v) is 6.24. The van der Waals surface area contributed by atoms with Gasteiger partial charge in [-0.2, -0.15) is 0 Å². The van der Waals surface area contributed by atoms with E-state index < -0.39 is 0 Å². The zero-order valence-corrected chi connectivity index (χ0v) is 13.3. The molecule has 1 fully saturated rings. The lowest BCUT2D eigenvalue weighted by Gasteiger charge is -2.34. The molecule has 0 aromatic heterocycles. The summed E-state index contributed by atoms with van der Waals surface area (Å²) in [5.41, 5.74) is 9.52. The monoisotopic (exact) mass is 286 g/mol. The molecule has 0 spiro atoms. The third-order valence-corrected chi connectivity index (χ3v) is 4.34. The highest BCUT2D eigenvalue weighted by Crippen LogP contribution is 2.19. The highest BCUT2D eigenvalue weighted by Gasteiger charge is 2.24. The van der Waals surface area contributed by atoms with Gasteiger partial charge in [0.2, 0.25) is 5.91 Å². The molecule has 2 atom stereocenters. The Hall–Kier alpha value is -1.61. The number of nitrogens with zero attached hydrogens (tertiary/aromatic N) is 1. The Balaban J connectivity index is 2.01. The Morgan fingerprint density at radius 1 is 1.43 bits per heavy atom. The third-order valence-electron chi connectivity index (χ3n) is 4.34. The quantitative estimate of drug-likeness (QED) is 0.868. The number of carbonyl (C=O) groups is 1. The summed E-state index contributed by atoms with van der Waals surface area (Å²) in [6.45, 7) is 7.81. The fraction of sp³-hybridized carbons (Fsp3) is 0.500. The molecule has 0 bridgehead atoms. The molecular formula is C18H26N2O. The molecule has 3 heteroatoms. The van der Waals surface area contributed by atoms with Gasteiger partial charge in [0.05, 0.1) is 0 Å². The number of amides is 1. The van der Waals surface area contributed by atoms with Crippen LogP contribution in [0.5, 0.6) is 0 Å². The Kier molecular flexibility index (Phi) is 5.18. The van der Waals surface area contributed by atoms with E-state index in [0.29, 0.717) is 5.92 Å². The summed E-state index contributed by atoms with van der Waals surface area (Å²) >= 11 is 0. The van der Waals surface area contributed by atoms with Gasteiger partial charge >= 0.3 is 0 Å². The summed E-state index contributed by atoms with van der Waals surface area (Å²) in [6, 6.07) is 6.43. The summed E-state index contributed by atoms with van der Waals surface area (Å²) in [7, 11) is 0. The predicted molar refractivity (Wildman–Crippen MR) is 87.9 cm³/mol. The van der Waals surface area contributed by atoms with Crippen LogP contribution in [0.1, 0.15) is 36.5 Å². The first-order valence-corrected chi connectivity index (χ1v) is 7.77. The smallest absolute Gasteiger partial charge is 0.246 e. The van der Waals surface area contributed by atoms with Crippen LogP contribution in [0.15, 0.2) is 24.3 Å². The lowest BCUT2D eigenvalue weighted by molar-refractivity contribution is -0.127. The molecule has 1 amide bonds. The highest BCUT2D eigenvalue weighted by molar-refractivity contribution is 5.92. The van der Waals surface area contributed by atoms with Crippen molar-refractivity contribution < 1.29 is 4.79 Å². The molecule has 2 rings (SSSR count). The van der Waals surface area contributed by atoms with Gasteiger partial charge in [0, 0.05) is 25.2 Å². The van der Waals surface area contributed by atoms with Gasteiger partial charge in [0.15, 0.2) is 0 Å². The number of aryl methyl sites for hydroxylation is 2. The van der Waals surface area contributed by atoms with E-state index >= 15 is 0 Å². The van der Waals surface area contributed by atoms with Crippen LogP contribution in [-0.4, -0.2) is 29.9 Å². The molecule has 1 saturated heterocycles. The third kappa shape index (κ3) is 4.18. The van der Waals surface area contributed by atoms with Crippen LogP contribution >= 0.6 is 0 Å². The number of hydrogen-bond acceptors (Lipinski definition) is 2. The van der Waals surface area contributed by atoms with E-state index in [4.69, 9.17) is 5.73 Å². The zero-order chi connectivity index (χ0) is 15.4. The van der Waals surface area contributed by atoms with Crippen LogP contribution in [-0.2, 0) is 4.79 Å². The SMILES string of the molecule is Cc1ccc(C=CC(=O)N2CCCC(C(C)N)C2)c(C)c1. The fourth-order valence-corrected chi connectivity index (χ4v) is 2.92. The maximum atomic E-state index is 12.3. The Morgan fingerprint density at radius 3 is 2.86 bits per heavy atom. The molecule has 0 saturated carbocycles.